The third-order valence-corrected chi connectivity index (χ3v) is 6.48. The highest BCUT2D eigenvalue weighted by molar-refractivity contribution is 5.78. The van der Waals surface area contributed by atoms with Crippen molar-refractivity contribution in [3.05, 3.63) is 35.7 Å². The van der Waals surface area contributed by atoms with Crippen LogP contribution in [0.2, 0.25) is 0 Å². The first-order chi connectivity index (χ1) is 13.6. The van der Waals surface area contributed by atoms with Crippen molar-refractivity contribution in [1.29, 1.82) is 0 Å². The molecule has 2 aliphatic rings. The molecule has 1 aromatic carbocycles. The topological polar surface area (TPSA) is 94.0 Å². The summed E-state index contributed by atoms with van der Waals surface area (Å²) in [5.74, 6) is 2.69. The smallest absolute Gasteiger partial charge is 0.257 e. The van der Waals surface area contributed by atoms with Crippen LogP contribution in [-0.2, 0) is 17.6 Å². The molecule has 0 aliphatic heterocycles. The van der Waals surface area contributed by atoms with Crippen LogP contribution in [0.25, 0.3) is 11.5 Å². The lowest BCUT2D eigenvalue weighted by Crippen LogP contribution is -2.49. The van der Waals surface area contributed by atoms with Crippen LogP contribution in [0.3, 0.4) is 0 Å². The fourth-order valence-electron chi connectivity index (χ4n) is 4.81. The number of benzene rings is 1. The number of carbonyl (C=O) groups excluding carboxylic acids is 1. The molecule has 0 radical (unpaired) electrons. The first-order valence-corrected chi connectivity index (χ1v) is 10.6. The van der Waals surface area contributed by atoms with E-state index in [0.717, 1.165) is 37.1 Å². The Morgan fingerprint density at radius 2 is 1.93 bits per heavy atom. The quantitative estimate of drug-likeness (QED) is 0.800. The second kappa shape index (κ2) is 8.43. The summed E-state index contributed by atoms with van der Waals surface area (Å²) in [5.41, 5.74) is 8.44. The molecule has 2 bridgehead atoms. The standard InChI is InChI=1S/C22H30N4O2/c1-2-19-25-22(28-26-19)15-8-6-14(7-9-15)10-11-24-21(27)18-12-16-4-3-5-17(13-18)20(16)23/h6-9,16-18,20H,2-5,10-13,23H2,1H3,(H,24,27). The molecule has 28 heavy (non-hydrogen) atoms. The Bertz CT molecular complexity index is 787. The van der Waals surface area contributed by atoms with E-state index in [4.69, 9.17) is 10.3 Å². The SMILES string of the molecule is CCc1noc(-c2ccc(CCNC(=O)C3CC4CCCC(C3)C4N)cc2)n1. The molecule has 0 spiro atoms. The van der Waals surface area contributed by atoms with E-state index >= 15 is 0 Å². The van der Waals surface area contributed by atoms with Gasteiger partial charge in [-0.2, -0.15) is 4.98 Å². The number of aryl methyl sites for hydroxylation is 1. The Kier molecular flexibility index (Phi) is 5.76. The number of hydrogen-bond acceptors (Lipinski definition) is 5. The molecule has 2 fully saturated rings. The van der Waals surface area contributed by atoms with Gasteiger partial charge < -0.3 is 15.6 Å². The van der Waals surface area contributed by atoms with Gasteiger partial charge in [0.25, 0.3) is 5.89 Å². The summed E-state index contributed by atoms with van der Waals surface area (Å²) in [4.78, 5) is 17.0. The molecule has 2 aromatic rings. The molecule has 2 saturated carbocycles. The number of fused-ring (bicyclic) bond motifs is 2. The van der Waals surface area contributed by atoms with E-state index in [1.54, 1.807) is 0 Å². The van der Waals surface area contributed by atoms with Gasteiger partial charge in [0.2, 0.25) is 5.91 Å². The van der Waals surface area contributed by atoms with Crippen molar-refractivity contribution in [1.82, 2.24) is 15.5 Å². The van der Waals surface area contributed by atoms with Gasteiger partial charge in [-0.15, -0.1) is 0 Å². The third-order valence-electron chi connectivity index (χ3n) is 6.48. The maximum atomic E-state index is 12.6. The molecule has 1 heterocycles. The maximum Gasteiger partial charge on any atom is 0.257 e. The van der Waals surface area contributed by atoms with Gasteiger partial charge in [0.1, 0.15) is 0 Å². The van der Waals surface area contributed by atoms with E-state index in [-0.39, 0.29) is 11.8 Å². The predicted octanol–water partition coefficient (Wildman–Crippen LogP) is 3.11. The number of amides is 1. The normalized spacial score (nSPS) is 26.8. The van der Waals surface area contributed by atoms with Crippen LogP contribution in [0.15, 0.2) is 28.8 Å². The highest BCUT2D eigenvalue weighted by Crippen LogP contribution is 2.41. The van der Waals surface area contributed by atoms with Crippen LogP contribution in [0.5, 0.6) is 0 Å². The molecule has 0 saturated heterocycles. The summed E-state index contributed by atoms with van der Waals surface area (Å²) in [7, 11) is 0. The summed E-state index contributed by atoms with van der Waals surface area (Å²) in [6.45, 7) is 2.66. The largest absolute Gasteiger partial charge is 0.356 e. The molecule has 6 heteroatoms. The van der Waals surface area contributed by atoms with E-state index in [1.165, 1.54) is 24.8 Å². The summed E-state index contributed by atoms with van der Waals surface area (Å²) < 4.78 is 5.27. The van der Waals surface area contributed by atoms with Crippen molar-refractivity contribution < 1.29 is 9.32 Å². The second-order valence-electron chi connectivity index (χ2n) is 8.30. The molecular weight excluding hydrogens is 352 g/mol. The molecule has 2 aliphatic carbocycles. The van der Waals surface area contributed by atoms with E-state index in [0.29, 0.717) is 30.3 Å². The van der Waals surface area contributed by atoms with Crippen LogP contribution >= 0.6 is 0 Å². The number of nitrogens with one attached hydrogen (secondary N) is 1. The van der Waals surface area contributed by atoms with E-state index in [1.807, 2.05) is 19.1 Å². The Hall–Kier alpha value is -2.21. The average Bonchev–Trinajstić information content (AvgIpc) is 3.17. The molecule has 2 unspecified atom stereocenters. The van der Waals surface area contributed by atoms with Crippen molar-refractivity contribution in [2.45, 2.75) is 57.9 Å². The second-order valence-corrected chi connectivity index (χ2v) is 8.30. The number of aromatic nitrogens is 2. The minimum absolute atomic E-state index is 0.141. The van der Waals surface area contributed by atoms with Gasteiger partial charge in [-0.3, -0.25) is 4.79 Å². The van der Waals surface area contributed by atoms with Crippen LogP contribution in [0, 0.1) is 17.8 Å². The molecule has 3 N–H and O–H groups in total. The van der Waals surface area contributed by atoms with Gasteiger partial charge >= 0.3 is 0 Å². The fraction of sp³-hybridized carbons (Fsp3) is 0.591. The summed E-state index contributed by atoms with van der Waals surface area (Å²) in [6, 6.07) is 8.41. The van der Waals surface area contributed by atoms with Crippen LogP contribution in [0.1, 0.15) is 50.4 Å². The highest BCUT2D eigenvalue weighted by Gasteiger charge is 2.40. The van der Waals surface area contributed by atoms with E-state index < -0.39 is 0 Å². The van der Waals surface area contributed by atoms with Gasteiger partial charge in [-0.1, -0.05) is 30.6 Å². The Morgan fingerprint density at radius 3 is 2.57 bits per heavy atom. The summed E-state index contributed by atoms with van der Waals surface area (Å²) in [6.07, 6.45) is 7.15. The Morgan fingerprint density at radius 1 is 1.21 bits per heavy atom. The van der Waals surface area contributed by atoms with Crippen molar-refractivity contribution in [2.75, 3.05) is 6.54 Å². The van der Waals surface area contributed by atoms with Crippen molar-refractivity contribution in [3.63, 3.8) is 0 Å². The first-order valence-electron chi connectivity index (χ1n) is 10.6. The zero-order valence-electron chi connectivity index (χ0n) is 16.6. The fourth-order valence-corrected chi connectivity index (χ4v) is 4.81. The number of hydrogen-bond donors (Lipinski definition) is 2. The van der Waals surface area contributed by atoms with Gasteiger partial charge in [0.05, 0.1) is 0 Å². The van der Waals surface area contributed by atoms with Crippen LogP contribution in [-0.4, -0.2) is 28.6 Å². The van der Waals surface area contributed by atoms with Crippen molar-refractivity contribution in [3.8, 4) is 11.5 Å². The lowest BCUT2D eigenvalue weighted by Gasteiger charge is -2.43. The third kappa shape index (κ3) is 4.12. The van der Waals surface area contributed by atoms with Gasteiger partial charge in [-0.25, -0.2) is 0 Å². The molecule has 4 rings (SSSR count). The van der Waals surface area contributed by atoms with Crippen molar-refractivity contribution >= 4 is 5.91 Å². The van der Waals surface area contributed by atoms with E-state index in [9.17, 15) is 4.79 Å². The van der Waals surface area contributed by atoms with Gasteiger partial charge in [0, 0.05) is 30.5 Å². The lowest BCUT2D eigenvalue weighted by atomic mass is 9.65. The van der Waals surface area contributed by atoms with Gasteiger partial charge in [-0.05, 0) is 61.6 Å². The van der Waals surface area contributed by atoms with Crippen molar-refractivity contribution in [2.24, 2.45) is 23.5 Å². The minimum Gasteiger partial charge on any atom is -0.356 e. The zero-order valence-corrected chi connectivity index (χ0v) is 16.6. The van der Waals surface area contributed by atoms with Crippen LogP contribution in [0.4, 0.5) is 0 Å². The monoisotopic (exact) mass is 382 g/mol. The number of rotatable bonds is 6. The molecular formula is C22H30N4O2. The predicted molar refractivity (Wildman–Crippen MR) is 107 cm³/mol. The van der Waals surface area contributed by atoms with Crippen LogP contribution < -0.4 is 11.1 Å². The Labute approximate surface area is 166 Å². The Balaban J connectivity index is 1.26. The van der Waals surface area contributed by atoms with E-state index in [2.05, 4.69) is 27.6 Å². The molecule has 1 aromatic heterocycles. The molecule has 2 atom stereocenters. The van der Waals surface area contributed by atoms with Gasteiger partial charge in [0.15, 0.2) is 5.82 Å². The minimum atomic E-state index is 0.141. The molecule has 1 amide bonds. The average molecular weight is 383 g/mol. The molecule has 150 valence electrons. The summed E-state index contributed by atoms with van der Waals surface area (Å²) >= 11 is 0. The highest BCUT2D eigenvalue weighted by atomic mass is 16.5. The number of nitrogens with zero attached hydrogens (tertiary/aromatic N) is 2. The first kappa shape index (κ1) is 19.1. The number of carbonyl (C=O) groups is 1. The maximum absolute atomic E-state index is 12.6. The zero-order chi connectivity index (χ0) is 19.5. The molecule has 6 nitrogen and oxygen atoms in total. The lowest BCUT2D eigenvalue weighted by molar-refractivity contribution is -0.127. The number of nitrogens with two attached hydrogens (primary N) is 1. The summed E-state index contributed by atoms with van der Waals surface area (Å²) in [5, 5.41) is 7.07.